The van der Waals surface area contributed by atoms with E-state index in [1.165, 1.54) is 11.1 Å². The van der Waals surface area contributed by atoms with Crippen molar-refractivity contribution in [3.63, 3.8) is 0 Å². The summed E-state index contributed by atoms with van der Waals surface area (Å²) < 4.78 is 17.9. The van der Waals surface area contributed by atoms with Gasteiger partial charge in [0.2, 0.25) is 7.29 Å². The van der Waals surface area contributed by atoms with E-state index in [9.17, 15) is 0 Å². The molecule has 2 aliphatic rings. The monoisotopic (exact) mass is 517 g/mol. The molecule has 6 aromatic rings. The van der Waals surface area contributed by atoms with Crippen molar-refractivity contribution in [2.45, 2.75) is 0 Å². The average Bonchev–Trinajstić information content (AvgIpc) is 3.02. The Bertz CT molecular complexity index is 1960. The van der Waals surface area contributed by atoms with Crippen LogP contribution in [0.1, 0.15) is 0 Å². The molecule has 184 valence electrons. The third-order valence-electron chi connectivity index (χ3n) is 7.98. The van der Waals surface area contributed by atoms with Crippen LogP contribution in [-0.2, 0) is 4.57 Å². The summed E-state index contributed by atoms with van der Waals surface area (Å²) in [7, 11) is -3.25. The molecule has 0 radical (unpaired) electrons. The van der Waals surface area contributed by atoms with E-state index >= 15 is 4.57 Å². The van der Waals surface area contributed by atoms with Gasteiger partial charge >= 0.3 is 0 Å². The molecule has 0 saturated heterocycles. The maximum Gasteiger partial charge on any atom is 0.235 e. The van der Waals surface area contributed by atoms with Gasteiger partial charge < -0.3 is 0 Å². The zero-order valence-electron chi connectivity index (χ0n) is 21.2. The highest BCUT2D eigenvalue weighted by Crippen LogP contribution is 2.65. The van der Waals surface area contributed by atoms with Gasteiger partial charge in [0, 0.05) is 21.7 Å². The highest BCUT2D eigenvalue weighted by molar-refractivity contribution is 7.81. The van der Waals surface area contributed by atoms with Gasteiger partial charge in [-0.25, -0.2) is 0 Å². The fraction of sp³-hybridized carbons (Fsp3) is 0. The summed E-state index contributed by atoms with van der Waals surface area (Å²) in [6.45, 7) is 0. The first-order chi connectivity index (χ1) is 19.2. The van der Waals surface area contributed by atoms with Gasteiger partial charge in [0.15, 0.2) is 0 Å². The van der Waals surface area contributed by atoms with Gasteiger partial charge in [-0.3, -0.25) is 9.24 Å². The lowest BCUT2D eigenvalue weighted by Gasteiger charge is -2.44. The van der Waals surface area contributed by atoms with Crippen LogP contribution in [0.4, 0.5) is 11.4 Å². The average molecular weight is 518 g/mol. The van der Waals surface area contributed by atoms with Crippen molar-refractivity contribution < 1.29 is 4.57 Å². The number of nitrogens with zero attached hydrogens (tertiary/aromatic N) is 1. The Balaban J connectivity index is 1.41. The third-order valence-corrected chi connectivity index (χ3v) is 11.0. The SMILES string of the molecule is O=P12c3ccccc3-c3ccccc3N1c1ccccc1-c1ccc(-c3cccc(-c4ccccc4)c3)cc12. The lowest BCUT2D eigenvalue weighted by molar-refractivity contribution is 0.586. The summed E-state index contributed by atoms with van der Waals surface area (Å²) in [5.74, 6) is 0. The Morgan fingerprint density at radius 3 is 1.62 bits per heavy atom. The van der Waals surface area contributed by atoms with E-state index in [0.717, 1.165) is 55.4 Å². The van der Waals surface area contributed by atoms with E-state index < -0.39 is 7.29 Å². The number of benzene rings is 6. The minimum Gasteiger partial charge on any atom is -0.289 e. The Morgan fingerprint density at radius 2 is 0.897 bits per heavy atom. The molecule has 39 heavy (non-hydrogen) atoms. The Hall–Kier alpha value is -4.65. The van der Waals surface area contributed by atoms with E-state index in [0.29, 0.717) is 0 Å². The molecule has 0 saturated carbocycles. The van der Waals surface area contributed by atoms with Crippen LogP contribution in [0, 0.1) is 0 Å². The van der Waals surface area contributed by atoms with Crippen molar-refractivity contribution in [3.8, 4) is 44.5 Å². The van der Waals surface area contributed by atoms with Crippen LogP contribution in [-0.4, -0.2) is 0 Å². The Kier molecular flexibility index (Phi) is 4.83. The highest BCUT2D eigenvalue weighted by atomic mass is 31.2. The van der Waals surface area contributed by atoms with E-state index in [4.69, 9.17) is 0 Å². The first-order valence-electron chi connectivity index (χ1n) is 13.2. The molecular weight excluding hydrogens is 493 g/mol. The molecule has 1 atom stereocenters. The van der Waals surface area contributed by atoms with Gasteiger partial charge in [0.25, 0.3) is 0 Å². The molecular formula is C36H24NOP. The van der Waals surface area contributed by atoms with Crippen LogP contribution in [0.5, 0.6) is 0 Å². The molecule has 0 aromatic heterocycles. The molecule has 8 rings (SSSR count). The first kappa shape index (κ1) is 22.3. The lowest BCUT2D eigenvalue weighted by Crippen LogP contribution is -2.37. The fourth-order valence-corrected chi connectivity index (χ4v) is 9.51. The van der Waals surface area contributed by atoms with Crippen LogP contribution in [0.2, 0.25) is 0 Å². The van der Waals surface area contributed by atoms with Crippen LogP contribution in [0.15, 0.2) is 146 Å². The van der Waals surface area contributed by atoms with Crippen LogP contribution in [0.3, 0.4) is 0 Å². The predicted octanol–water partition coefficient (Wildman–Crippen LogP) is 9.05. The normalized spacial score (nSPS) is 16.4. The standard InChI is InChI=1S/C36H24NOP/c38-39-35-20-9-6-17-31(35)29-15-4-7-18-33(29)37(39)34-19-8-5-16-30(34)32-22-21-28(24-36(32)39)27-14-10-13-26(23-27)25-11-2-1-3-12-25/h1-24H. The minimum atomic E-state index is -3.25. The van der Waals surface area contributed by atoms with Gasteiger partial charge in [-0.15, -0.1) is 0 Å². The summed E-state index contributed by atoms with van der Waals surface area (Å²) in [5, 5.41) is 1.79. The summed E-state index contributed by atoms with van der Waals surface area (Å²) in [6, 6.07) is 50.5. The summed E-state index contributed by atoms with van der Waals surface area (Å²) in [5.41, 5.74) is 10.8. The molecule has 0 aliphatic carbocycles. The molecule has 0 spiro atoms. The third kappa shape index (κ3) is 3.19. The summed E-state index contributed by atoms with van der Waals surface area (Å²) >= 11 is 0. The number of hydrogen-bond acceptors (Lipinski definition) is 1. The smallest absolute Gasteiger partial charge is 0.235 e. The molecule has 2 heterocycles. The van der Waals surface area contributed by atoms with E-state index in [2.05, 4.69) is 120 Å². The Morgan fingerprint density at radius 1 is 0.385 bits per heavy atom. The highest BCUT2D eigenvalue weighted by Gasteiger charge is 2.47. The first-order valence-corrected chi connectivity index (χ1v) is 14.9. The summed E-state index contributed by atoms with van der Waals surface area (Å²) in [6.07, 6.45) is 0. The number of fused-ring (bicyclic) bond motifs is 11. The number of rotatable bonds is 2. The second kappa shape index (κ2) is 8.43. The van der Waals surface area contributed by atoms with Crippen LogP contribution >= 0.6 is 7.29 Å². The van der Waals surface area contributed by atoms with Gasteiger partial charge in [-0.1, -0.05) is 115 Å². The van der Waals surface area contributed by atoms with Crippen LogP contribution < -0.4 is 15.3 Å². The molecule has 0 bridgehead atoms. The molecule has 6 aromatic carbocycles. The van der Waals surface area contributed by atoms with E-state index in [1.54, 1.807) is 0 Å². The largest absolute Gasteiger partial charge is 0.289 e. The fourth-order valence-electron chi connectivity index (χ4n) is 6.21. The zero-order chi connectivity index (χ0) is 26.0. The maximum atomic E-state index is 15.8. The molecule has 1 unspecified atom stereocenters. The van der Waals surface area contributed by atoms with Crippen LogP contribution in [0.25, 0.3) is 44.5 Å². The van der Waals surface area contributed by atoms with Gasteiger partial charge in [0.1, 0.15) is 0 Å². The molecule has 0 amide bonds. The zero-order valence-corrected chi connectivity index (χ0v) is 22.1. The molecule has 3 heteroatoms. The van der Waals surface area contributed by atoms with E-state index in [1.807, 2.05) is 30.3 Å². The van der Waals surface area contributed by atoms with Crippen molar-refractivity contribution in [3.05, 3.63) is 146 Å². The lowest BCUT2D eigenvalue weighted by atomic mass is 9.96. The molecule has 2 aliphatic heterocycles. The molecule has 0 N–H and O–H groups in total. The molecule has 2 nitrogen and oxygen atoms in total. The maximum absolute atomic E-state index is 15.8. The summed E-state index contributed by atoms with van der Waals surface area (Å²) in [4.78, 5) is 0. The van der Waals surface area contributed by atoms with Crippen molar-refractivity contribution >= 4 is 29.3 Å². The van der Waals surface area contributed by atoms with Crippen molar-refractivity contribution in [2.24, 2.45) is 0 Å². The second-order valence-corrected chi connectivity index (χ2v) is 12.6. The Labute approximate surface area is 228 Å². The van der Waals surface area contributed by atoms with Crippen molar-refractivity contribution in [1.29, 1.82) is 0 Å². The van der Waals surface area contributed by atoms with Gasteiger partial charge in [-0.05, 0) is 63.7 Å². The molecule has 0 fully saturated rings. The minimum absolute atomic E-state index is 0.894. The van der Waals surface area contributed by atoms with Gasteiger partial charge in [-0.2, -0.15) is 0 Å². The number of anilines is 2. The second-order valence-electron chi connectivity index (χ2n) is 10.1. The van der Waals surface area contributed by atoms with Crippen molar-refractivity contribution in [2.75, 3.05) is 4.67 Å². The topological polar surface area (TPSA) is 20.3 Å². The number of para-hydroxylation sites is 2. The number of hydrogen-bond donors (Lipinski definition) is 0. The van der Waals surface area contributed by atoms with Crippen molar-refractivity contribution in [1.82, 2.24) is 0 Å². The van der Waals surface area contributed by atoms with Gasteiger partial charge in [0.05, 0.1) is 11.4 Å². The van der Waals surface area contributed by atoms with E-state index in [-0.39, 0.29) is 0 Å². The predicted molar refractivity (Wildman–Crippen MR) is 164 cm³/mol. The quantitative estimate of drug-likeness (QED) is 0.214.